The number of carbonyl (C=O) groups is 1. The van der Waals surface area contributed by atoms with Crippen molar-refractivity contribution < 1.29 is 18.7 Å². The third-order valence-electron chi connectivity index (χ3n) is 3.20. The standard InChI is InChI=1S/C18H14FNO3/c1-2-22-13-7-5-6-12(10-13)11-16-18(21)23-17(20-16)14-8-3-4-9-15(14)19/h3-11H,2H2,1H3/b16-11-. The number of halogens is 1. The molecule has 0 N–H and O–H groups in total. The van der Waals surface area contributed by atoms with Crippen LogP contribution >= 0.6 is 0 Å². The molecule has 1 aliphatic heterocycles. The average Bonchev–Trinajstić information content (AvgIpc) is 2.89. The van der Waals surface area contributed by atoms with Gasteiger partial charge in [0.2, 0.25) is 5.90 Å². The van der Waals surface area contributed by atoms with Crippen molar-refractivity contribution in [2.24, 2.45) is 4.99 Å². The fraction of sp³-hybridized carbons (Fsp3) is 0.111. The highest BCUT2D eigenvalue weighted by Crippen LogP contribution is 2.22. The van der Waals surface area contributed by atoms with E-state index in [9.17, 15) is 9.18 Å². The second-order valence-corrected chi connectivity index (χ2v) is 4.82. The molecule has 3 rings (SSSR count). The lowest BCUT2D eigenvalue weighted by Crippen LogP contribution is -2.07. The van der Waals surface area contributed by atoms with E-state index in [1.807, 2.05) is 25.1 Å². The first kappa shape index (κ1) is 15.0. The van der Waals surface area contributed by atoms with Gasteiger partial charge in [-0.25, -0.2) is 14.2 Å². The molecule has 116 valence electrons. The van der Waals surface area contributed by atoms with Crippen molar-refractivity contribution in [3.05, 3.63) is 71.2 Å². The predicted octanol–water partition coefficient (Wildman–Crippen LogP) is 3.57. The highest BCUT2D eigenvalue weighted by molar-refractivity contribution is 6.12. The zero-order valence-corrected chi connectivity index (χ0v) is 12.5. The Labute approximate surface area is 132 Å². The van der Waals surface area contributed by atoms with Crippen LogP contribution in [-0.2, 0) is 9.53 Å². The van der Waals surface area contributed by atoms with Crippen LogP contribution in [0.25, 0.3) is 6.08 Å². The lowest BCUT2D eigenvalue weighted by molar-refractivity contribution is -0.129. The van der Waals surface area contributed by atoms with E-state index in [0.29, 0.717) is 12.4 Å². The number of carbonyl (C=O) groups excluding carboxylic acids is 1. The van der Waals surface area contributed by atoms with Gasteiger partial charge in [-0.2, -0.15) is 0 Å². The molecule has 0 saturated heterocycles. The summed E-state index contributed by atoms with van der Waals surface area (Å²) >= 11 is 0. The number of cyclic esters (lactones) is 1. The molecule has 5 heteroatoms. The molecular weight excluding hydrogens is 297 g/mol. The molecular formula is C18H14FNO3. The van der Waals surface area contributed by atoms with E-state index in [-0.39, 0.29) is 17.2 Å². The van der Waals surface area contributed by atoms with E-state index in [2.05, 4.69) is 4.99 Å². The van der Waals surface area contributed by atoms with E-state index in [0.717, 1.165) is 5.56 Å². The van der Waals surface area contributed by atoms with Gasteiger partial charge in [-0.3, -0.25) is 0 Å². The minimum Gasteiger partial charge on any atom is -0.494 e. The molecule has 0 aromatic heterocycles. The zero-order valence-electron chi connectivity index (χ0n) is 12.5. The monoisotopic (exact) mass is 311 g/mol. The van der Waals surface area contributed by atoms with Crippen molar-refractivity contribution in [2.75, 3.05) is 6.61 Å². The van der Waals surface area contributed by atoms with Crippen molar-refractivity contribution in [1.82, 2.24) is 0 Å². The van der Waals surface area contributed by atoms with Crippen LogP contribution in [0.15, 0.2) is 59.2 Å². The molecule has 2 aromatic carbocycles. The lowest BCUT2D eigenvalue weighted by Gasteiger charge is -2.03. The Morgan fingerprint density at radius 3 is 2.83 bits per heavy atom. The van der Waals surface area contributed by atoms with Gasteiger partial charge < -0.3 is 9.47 Å². The summed E-state index contributed by atoms with van der Waals surface area (Å²) in [6.45, 7) is 2.45. The van der Waals surface area contributed by atoms with Crippen LogP contribution in [0.1, 0.15) is 18.1 Å². The molecule has 0 radical (unpaired) electrons. The fourth-order valence-corrected chi connectivity index (χ4v) is 2.18. The number of benzene rings is 2. The van der Waals surface area contributed by atoms with Crippen molar-refractivity contribution >= 4 is 17.9 Å². The Hall–Kier alpha value is -2.95. The maximum absolute atomic E-state index is 13.8. The van der Waals surface area contributed by atoms with Crippen molar-refractivity contribution in [1.29, 1.82) is 0 Å². The lowest BCUT2D eigenvalue weighted by atomic mass is 10.2. The smallest absolute Gasteiger partial charge is 0.363 e. The minimum atomic E-state index is -0.606. The van der Waals surface area contributed by atoms with Crippen LogP contribution in [0.4, 0.5) is 4.39 Å². The number of hydrogen-bond donors (Lipinski definition) is 0. The molecule has 0 spiro atoms. The van der Waals surface area contributed by atoms with Crippen LogP contribution in [0.2, 0.25) is 0 Å². The van der Waals surface area contributed by atoms with E-state index in [1.54, 1.807) is 24.3 Å². The number of ether oxygens (including phenoxy) is 2. The summed E-state index contributed by atoms with van der Waals surface area (Å²) < 4.78 is 24.2. The molecule has 1 heterocycles. The van der Waals surface area contributed by atoms with Gasteiger partial charge in [0.25, 0.3) is 0 Å². The second-order valence-electron chi connectivity index (χ2n) is 4.82. The molecule has 2 aromatic rings. The third kappa shape index (κ3) is 3.29. The number of rotatable bonds is 4. The fourth-order valence-electron chi connectivity index (χ4n) is 2.18. The summed E-state index contributed by atoms with van der Waals surface area (Å²) in [5.74, 6) is -0.421. The molecule has 23 heavy (non-hydrogen) atoms. The number of hydrogen-bond acceptors (Lipinski definition) is 4. The normalized spacial score (nSPS) is 15.5. The largest absolute Gasteiger partial charge is 0.494 e. The number of esters is 1. The predicted molar refractivity (Wildman–Crippen MR) is 84.6 cm³/mol. The van der Waals surface area contributed by atoms with Crippen LogP contribution in [0.3, 0.4) is 0 Å². The Bertz CT molecular complexity index is 811. The maximum Gasteiger partial charge on any atom is 0.363 e. The summed E-state index contributed by atoms with van der Waals surface area (Å²) in [5.41, 5.74) is 1.03. The van der Waals surface area contributed by atoms with Crippen LogP contribution in [-0.4, -0.2) is 18.5 Å². The van der Waals surface area contributed by atoms with Gasteiger partial charge in [-0.1, -0.05) is 24.3 Å². The second kappa shape index (κ2) is 6.44. The Balaban J connectivity index is 1.92. The number of aliphatic imine (C=N–C) groups is 1. The van der Waals surface area contributed by atoms with Gasteiger partial charge >= 0.3 is 5.97 Å². The molecule has 0 bridgehead atoms. The van der Waals surface area contributed by atoms with Gasteiger partial charge in [-0.05, 0) is 42.8 Å². The molecule has 0 unspecified atom stereocenters. The quantitative estimate of drug-likeness (QED) is 0.640. The summed E-state index contributed by atoms with van der Waals surface area (Å²) in [6.07, 6.45) is 1.58. The van der Waals surface area contributed by atoms with Gasteiger partial charge in [0, 0.05) is 0 Å². The molecule has 0 amide bonds. The van der Waals surface area contributed by atoms with Crippen molar-refractivity contribution in [3.63, 3.8) is 0 Å². The van der Waals surface area contributed by atoms with Crippen LogP contribution in [0, 0.1) is 5.82 Å². The Morgan fingerprint density at radius 1 is 1.22 bits per heavy atom. The summed E-state index contributed by atoms with van der Waals surface area (Å²) in [7, 11) is 0. The van der Waals surface area contributed by atoms with E-state index in [1.165, 1.54) is 12.1 Å². The maximum atomic E-state index is 13.8. The zero-order chi connectivity index (χ0) is 16.2. The van der Waals surface area contributed by atoms with Crippen LogP contribution in [0.5, 0.6) is 5.75 Å². The first-order valence-electron chi connectivity index (χ1n) is 7.17. The van der Waals surface area contributed by atoms with Crippen molar-refractivity contribution in [3.8, 4) is 5.75 Å². The minimum absolute atomic E-state index is 0.0275. The van der Waals surface area contributed by atoms with Crippen LogP contribution < -0.4 is 4.74 Å². The molecule has 1 aliphatic rings. The summed E-state index contributed by atoms with van der Waals surface area (Å²) in [5, 5.41) is 0. The number of nitrogens with zero attached hydrogens (tertiary/aromatic N) is 1. The summed E-state index contributed by atoms with van der Waals surface area (Å²) in [4.78, 5) is 16.0. The first-order valence-corrected chi connectivity index (χ1v) is 7.17. The van der Waals surface area contributed by atoms with Gasteiger partial charge in [0.1, 0.15) is 11.6 Å². The molecule has 0 saturated carbocycles. The Kier molecular flexibility index (Phi) is 4.19. The first-order chi connectivity index (χ1) is 11.2. The van der Waals surface area contributed by atoms with Gasteiger partial charge in [0.05, 0.1) is 12.2 Å². The average molecular weight is 311 g/mol. The molecule has 0 aliphatic carbocycles. The van der Waals surface area contributed by atoms with Gasteiger partial charge in [-0.15, -0.1) is 0 Å². The third-order valence-corrected chi connectivity index (χ3v) is 3.20. The molecule has 0 fully saturated rings. The van der Waals surface area contributed by atoms with E-state index in [4.69, 9.17) is 9.47 Å². The van der Waals surface area contributed by atoms with E-state index >= 15 is 0 Å². The summed E-state index contributed by atoms with van der Waals surface area (Å²) in [6, 6.07) is 13.3. The molecule has 0 atom stereocenters. The van der Waals surface area contributed by atoms with Gasteiger partial charge in [0.15, 0.2) is 5.70 Å². The highest BCUT2D eigenvalue weighted by atomic mass is 19.1. The SMILES string of the molecule is CCOc1cccc(/C=C2\N=C(c3ccccc3F)OC2=O)c1. The Morgan fingerprint density at radius 2 is 2.04 bits per heavy atom. The molecule has 4 nitrogen and oxygen atoms in total. The van der Waals surface area contributed by atoms with Crippen molar-refractivity contribution in [2.45, 2.75) is 6.92 Å². The topological polar surface area (TPSA) is 47.9 Å². The van der Waals surface area contributed by atoms with E-state index < -0.39 is 11.8 Å². The highest BCUT2D eigenvalue weighted by Gasteiger charge is 2.25.